The predicted octanol–water partition coefficient (Wildman–Crippen LogP) is 3.26. The molecule has 1 aliphatic heterocycles. The molecule has 0 N–H and O–H groups in total. The first-order chi connectivity index (χ1) is 9.61. The summed E-state index contributed by atoms with van der Waals surface area (Å²) in [6.45, 7) is 6.88. The van der Waals surface area contributed by atoms with E-state index in [1.54, 1.807) is 0 Å². The molecule has 1 aromatic rings. The molecule has 0 aromatic heterocycles. The fourth-order valence-corrected chi connectivity index (χ4v) is 4.37. The highest BCUT2D eigenvalue weighted by molar-refractivity contribution is 6.03. The lowest BCUT2D eigenvalue weighted by Gasteiger charge is -2.53. The Balaban J connectivity index is 1.78. The zero-order valence-electron chi connectivity index (χ0n) is 12.4. The summed E-state index contributed by atoms with van der Waals surface area (Å²) < 4.78 is 0. The SMILES string of the molecule is C[C@H]1[C@H]2C(=O)c3ccccc3[C@]1(C)CCN2CC1CC1. The maximum atomic E-state index is 13.0. The van der Waals surface area contributed by atoms with Crippen molar-refractivity contribution >= 4 is 5.78 Å². The Morgan fingerprint density at radius 1 is 1.30 bits per heavy atom. The highest BCUT2D eigenvalue weighted by Crippen LogP contribution is 2.49. The molecule has 2 nitrogen and oxygen atoms in total. The summed E-state index contributed by atoms with van der Waals surface area (Å²) in [6.07, 6.45) is 3.90. The van der Waals surface area contributed by atoms with Crippen LogP contribution >= 0.6 is 0 Å². The van der Waals surface area contributed by atoms with Crippen LogP contribution in [-0.2, 0) is 5.41 Å². The fourth-order valence-electron chi connectivity index (χ4n) is 4.37. The average Bonchev–Trinajstić information content (AvgIpc) is 3.26. The number of fused-ring (bicyclic) bond motifs is 4. The van der Waals surface area contributed by atoms with Crippen molar-refractivity contribution in [3.8, 4) is 0 Å². The predicted molar refractivity (Wildman–Crippen MR) is 80.0 cm³/mol. The monoisotopic (exact) mass is 269 g/mol. The molecule has 2 aliphatic carbocycles. The minimum absolute atomic E-state index is 0.115. The molecule has 20 heavy (non-hydrogen) atoms. The van der Waals surface area contributed by atoms with Gasteiger partial charge in [-0.2, -0.15) is 0 Å². The lowest BCUT2D eigenvalue weighted by molar-refractivity contribution is 0.0266. The number of likely N-dealkylation sites (tertiary alicyclic amines) is 1. The molecule has 1 saturated carbocycles. The number of piperidine rings is 1. The highest BCUT2D eigenvalue weighted by Gasteiger charge is 2.52. The van der Waals surface area contributed by atoms with Gasteiger partial charge < -0.3 is 0 Å². The minimum Gasteiger partial charge on any atom is -0.293 e. The van der Waals surface area contributed by atoms with Crippen molar-refractivity contribution in [1.29, 1.82) is 0 Å². The molecule has 0 spiro atoms. The van der Waals surface area contributed by atoms with Gasteiger partial charge in [-0.05, 0) is 48.6 Å². The number of nitrogens with zero attached hydrogens (tertiary/aromatic N) is 1. The van der Waals surface area contributed by atoms with E-state index < -0.39 is 0 Å². The van der Waals surface area contributed by atoms with Gasteiger partial charge in [-0.1, -0.05) is 38.1 Å². The summed E-state index contributed by atoms with van der Waals surface area (Å²) in [5.41, 5.74) is 2.45. The van der Waals surface area contributed by atoms with Gasteiger partial charge in [0.1, 0.15) is 0 Å². The van der Waals surface area contributed by atoms with Crippen LogP contribution in [0.2, 0.25) is 0 Å². The maximum absolute atomic E-state index is 13.0. The van der Waals surface area contributed by atoms with Gasteiger partial charge in [-0.25, -0.2) is 0 Å². The number of rotatable bonds is 2. The molecular weight excluding hydrogens is 246 g/mol. The van der Waals surface area contributed by atoms with Crippen molar-refractivity contribution in [2.75, 3.05) is 13.1 Å². The molecule has 1 heterocycles. The van der Waals surface area contributed by atoms with Crippen LogP contribution < -0.4 is 0 Å². The van der Waals surface area contributed by atoms with E-state index in [1.807, 2.05) is 12.1 Å². The van der Waals surface area contributed by atoms with E-state index >= 15 is 0 Å². The molecule has 2 fully saturated rings. The van der Waals surface area contributed by atoms with Crippen LogP contribution in [0.1, 0.15) is 49.0 Å². The van der Waals surface area contributed by atoms with Crippen molar-refractivity contribution in [1.82, 2.24) is 4.90 Å². The largest absolute Gasteiger partial charge is 0.293 e. The van der Waals surface area contributed by atoms with E-state index in [9.17, 15) is 4.79 Å². The van der Waals surface area contributed by atoms with Crippen molar-refractivity contribution in [3.05, 3.63) is 35.4 Å². The van der Waals surface area contributed by atoms with Gasteiger partial charge in [0.05, 0.1) is 6.04 Å². The summed E-state index contributed by atoms with van der Waals surface area (Å²) >= 11 is 0. The molecular formula is C18H23NO. The van der Waals surface area contributed by atoms with E-state index in [0.29, 0.717) is 11.7 Å². The molecule has 4 rings (SSSR count). The molecule has 0 unspecified atom stereocenters. The molecule has 1 saturated heterocycles. The molecule has 1 aromatic carbocycles. The van der Waals surface area contributed by atoms with E-state index in [1.165, 1.54) is 24.8 Å². The van der Waals surface area contributed by atoms with Crippen LogP contribution in [0, 0.1) is 11.8 Å². The van der Waals surface area contributed by atoms with Gasteiger partial charge in [0.2, 0.25) is 0 Å². The van der Waals surface area contributed by atoms with Gasteiger partial charge in [0.15, 0.2) is 5.78 Å². The van der Waals surface area contributed by atoms with Crippen LogP contribution in [0.3, 0.4) is 0 Å². The van der Waals surface area contributed by atoms with Crippen molar-refractivity contribution < 1.29 is 4.79 Å². The van der Waals surface area contributed by atoms with Crippen molar-refractivity contribution in [2.24, 2.45) is 11.8 Å². The average molecular weight is 269 g/mol. The molecule has 3 atom stereocenters. The third-order valence-corrected chi connectivity index (χ3v) is 6.06. The number of benzene rings is 1. The van der Waals surface area contributed by atoms with Crippen LogP contribution in [0.25, 0.3) is 0 Å². The Hall–Kier alpha value is -1.15. The summed E-state index contributed by atoms with van der Waals surface area (Å²) in [4.78, 5) is 15.4. The maximum Gasteiger partial charge on any atom is 0.180 e. The normalized spacial score (nSPS) is 36.8. The molecule has 2 heteroatoms. The Morgan fingerprint density at radius 3 is 2.80 bits per heavy atom. The van der Waals surface area contributed by atoms with Gasteiger partial charge in [0, 0.05) is 12.1 Å². The number of Topliss-reactive ketones (excluding diaryl/α,β-unsaturated/α-hetero) is 1. The molecule has 0 radical (unpaired) electrons. The van der Waals surface area contributed by atoms with E-state index in [-0.39, 0.29) is 11.5 Å². The standard InChI is InChI=1S/C18H23NO/c1-12-16-17(20)14-5-3-4-6-15(14)18(12,2)9-10-19(16)11-13-7-8-13/h3-6,12-13,16H,7-11H2,1-2H3/t12-,16-,18+/m0/s1. The lowest BCUT2D eigenvalue weighted by atomic mass is 9.58. The van der Waals surface area contributed by atoms with Crippen molar-refractivity contribution in [3.63, 3.8) is 0 Å². The van der Waals surface area contributed by atoms with Gasteiger partial charge in [-0.15, -0.1) is 0 Å². The third-order valence-electron chi connectivity index (χ3n) is 6.06. The molecule has 106 valence electrons. The molecule has 0 amide bonds. The second kappa shape index (κ2) is 4.17. The Bertz CT molecular complexity index is 562. The Morgan fingerprint density at radius 2 is 2.05 bits per heavy atom. The zero-order valence-corrected chi connectivity index (χ0v) is 12.4. The smallest absolute Gasteiger partial charge is 0.180 e. The summed E-state index contributed by atoms with van der Waals surface area (Å²) in [5.74, 6) is 1.65. The summed E-state index contributed by atoms with van der Waals surface area (Å²) in [7, 11) is 0. The lowest BCUT2D eigenvalue weighted by Crippen LogP contribution is -2.61. The first-order valence-corrected chi connectivity index (χ1v) is 7.99. The number of carbonyl (C=O) groups excluding carboxylic acids is 1. The summed E-state index contributed by atoms with van der Waals surface area (Å²) in [5, 5.41) is 0. The fraction of sp³-hybridized carbons (Fsp3) is 0.611. The van der Waals surface area contributed by atoms with E-state index in [0.717, 1.165) is 24.6 Å². The Kier molecular flexibility index (Phi) is 2.62. The third kappa shape index (κ3) is 1.64. The van der Waals surface area contributed by atoms with Crippen molar-refractivity contribution in [2.45, 2.75) is 44.6 Å². The van der Waals surface area contributed by atoms with Crippen LogP contribution in [-0.4, -0.2) is 29.8 Å². The first-order valence-electron chi connectivity index (χ1n) is 7.99. The second-order valence-corrected chi connectivity index (χ2v) is 7.25. The van der Waals surface area contributed by atoms with Gasteiger partial charge >= 0.3 is 0 Å². The number of carbonyl (C=O) groups is 1. The Labute approximate surface area is 121 Å². The molecule has 3 aliphatic rings. The minimum atomic E-state index is 0.115. The number of hydrogen-bond donors (Lipinski definition) is 0. The van der Waals surface area contributed by atoms with Crippen LogP contribution in [0.15, 0.2) is 24.3 Å². The molecule has 2 bridgehead atoms. The van der Waals surface area contributed by atoms with Crippen LogP contribution in [0.5, 0.6) is 0 Å². The number of hydrogen-bond acceptors (Lipinski definition) is 2. The first kappa shape index (κ1) is 12.6. The quantitative estimate of drug-likeness (QED) is 0.821. The number of ketones is 1. The van der Waals surface area contributed by atoms with Gasteiger partial charge in [0.25, 0.3) is 0 Å². The topological polar surface area (TPSA) is 20.3 Å². The zero-order chi connectivity index (χ0) is 13.9. The summed E-state index contributed by atoms with van der Waals surface area (Å²) in [6, 6.07) is 8.42. The van der Waals surface area contributed by atoms with E-state index in [4.69, 9.17) is 0 Å². The van der Waals surface area contributed by atoms with Gasteiger partial charge in [-0.3, -0.25) is 9.69 Å². The van der Waals surface area contributed by atoms with E-state index in [2.05, 4.69) is 30.9 Å². The second-order valence-electron chi connectivity index (χ2n) is 7.25. The highest BCUT2D eigenvalue weighted by atomic mass is 16.1. The van der Waals surface area contributed by atoms with Crippen LogP contribution in [0.4, 0.5) is 0 Å².